The number of hydrogen-bond acceptors (Lipinski definition) is 2. The predicted octanol–water partition coefficient (Wildman–Crippen LogP) is 4.85. The van der Waals surface area contributed by atoms with Crippen LogP contribution in [0.1, 0.15) is 47.3 Å². The number of hydrogen-bond donors (Lipinski definition) is 1. The van der Waals surface area contributed by atoms with Crippen molar-refractivity contribution in [2.75, 3.05) is 19.6 Å². The number of benzene rings is 2. The van der Waals surface area contributed by atoms with Crippen molar-refractivity contribution < 1.29 is 4.79 Å². The molecule has 1 N–H and O–H groups in total. The number of carbonyl (C=O) groups is 1. The van der Waals surface area contributed by atoms with Crippen LogP contribution in [0.5, 0.6) is 0 Å². The van der Waals surface area contributed by atoms with Crippen LogP contribution in [-0.2, 0) is 0 Å². The molecule has 1 aliphatic heterocycles. The fourth-order valence-electron chi connectivity index (χ4n) is 3.52. The topological polar surface area (TPSA) is 32.3 Å². The molecule has 26 heavy (non-hydrogen) atoms. The van der Waals surface area contributed by atoms with Crippen LogP contribution in [0.4, 0.5) is 0 Å². The molecule has 2 aromatic carbocycles. The van der Waals surface area contributed by atoms with E-state index in [0.717, 1.165) is 19.0 Å². The van der Waals surface area contributed by atoms with E-state index < -0.39 is 0 Å². The highest BCUT2D eigenvalue weighted by molar-refractivity contribution is 6.33. The van der Waals surface area contributed by atoms with E-state index in [0.29, 0.717) is 17.1 Å². The van der Waals surface area contributed by atoms with Gasteiger partial charge in [-0.3, -0.25) is 9.69 Å². The summed E-state index contributed by atoms with van der Waals surface area (Å²) in [6, 6.07) is 16.0. The normalized spacial score (nSPS) is 17.0. The van der Waals surface area contributed by atoms with E-state index >= 15 is 0 Å². The summed E-state index contributed by atoms with van der Waals surface area (Å²) < 4.78 is 0. The summed E-state index contributed by atoms with van der Waals surface area (Å²) in [5, 5.41) is 3.59. The molecular formula is C22H27ClN2O. The fourth-order valence-corrected chi connectivity index (χ4v) is 3.74. The largest absolute Gasteiger partial charge is 0.350 e. The number of aryl methyl sites for hydroxylation is 1. The number of halogens is 1. The molecule has 0 spiro atoms. The number of rotatable bonds is 5. The van der Waals surface area contributed by atoms with Gasteiger partial charge in [0.2, 0.25) is 0 Å². The van der Waals surface area contributed by atoms with E-state index in [4.69, 9.17) is 11.6 Å². The summed E-state index contributed by atoms with van der Waals surface area (Å²) in [5.74, 6) is 0.667. The van der Waals surface area contributed by atoms with Crippen molar-refractivity contribution in [2.45, 2.75) is 32.7 Å². The molecule has 3 rings (SSSR count). The minimum Gasteiger partial charge on any atom is -0.350 e. The van der Waals surface area contributed by atoms with Crippen LogP contribution in [0.2, 0.25) is 5.02 Å². The van der Waals surface area contributed by atoms with Crippen molar-refractivity contribution in [2.24, 2.45) is 5.92 Å². The van der Waals surface area contributed by atoms with Gasteiger partial charge in [0, 0.05) is 6.54 Å². The molecule has 138 valence electrons. The second kappa shape index (κ2) is 8.70. The summed E-state index contributed by atoms with van der Waals surface area (Å²) in [7, 11) is 0. The van der Waals surface area contributed by atoms with Gasteiger partial charge in [0.05, 0.1) is 16.6 Å². The highest BCUT2D eigenvalue weighted by Crippen LogP contribution is 2.27. The van der Waals surface area contributed by atoms with Crippen molar-refractivity contribution in [3.05, 3.63) is 70.2 Å². The molecule has 1 fully saturated rings. The number of carbonyl (C=O) groups excluding carboxylic acids is 1. The Morgan fingerprint density at radius 1 is 1.15 bits per heavy atom. The molecule has 1 saturated heterocycles. The summed E-state index contributed by atoms with van der Waals surface area (Å²) in [6.45, 7) is 7.14. The Balaban J connectivity index is 1.74. The zero-order valence-corrected chi connectivity index (χ0v) is 16.3. The van der Waals surface area contributed by atoms with Crippen molar-refractivity contribution in [3.63, 3.8) is 0 Å². The Kier molecular flexibility index (Phi) is 6.33. The zero-order chi connectivity index (χ0) is 18.5. The van der Waals surface area contributed by atoms with Crippen LogP contribution in [0.15, 0.2) is 48.5 Å². The van der Waals surface area contributed by atoms with Gasteiger partial charge in [-0.1, -0.05) is 60.5 Å². The molecule has 1 heterocycles. The predicted molar refractivity (Wildman–Crippen MR) is 108 cm³/mol. The highest BCUT2D eigenvalue weighted by Gasteiger charge is 2.25. The average Bonchev–Trinajstić information content (AvgIpc) is 2.65. The highest BCUT2D eigenvalue weighted by atomic mass is 35.5. The lowest BCUT2D eigenvalue weighted by molar-refractivity contribution is 0.0913. The second-order valence-electron chi connectivity index (χ2n) is 7.33. The molecule has 0 radical (unpaired) electrons. The molecule has 0 aliphatic carbocycles. The van der Waals surface area contributed by atoms with Crippen LogP contribution in [0, 0.1) is 12.8 Å². The van der Waals surface area contributed by atoms with Gasteiger partial charge < -0.3 is 5.32 Å². The van der Waals surface area contributed by atoms with Gasteiger partial charge in [-0.15, -0.1) is 0 Å². The van der Waals surface area contributed by atoms with Crippen LogP contribution in [0.3, 0.4) is 0 Å². The first-order valence-corrected chi connectivity index (χ1v) is 9.75. The van der Waals surface area contributed by atoms with E-state index in [2.05, 4.69) is 48.3 Å². The number of likely N-dealkylation sites (tertiary alicyclic amines) is 1. The maximum Gasteiger partial charge on any atom is 0.252 e. The Hall–Kier alpha value is -1.84. The maximum absolute atomic E-state index is 12.6. The van der Waals surface area contributed by atoms with Crippen molar-refractivity contribution in [3.8, 4) is 0 Å². The minimum atomic E-state index is -0.113. The molecule has 3 nitrogen and oxygen atoms in total. The van der Waals surface area contributed by atoms with E-state index in [-0.39, 0.29) is 11.9 Å². The SMILES string of the molecule is Cc1ccc(C(CNC(=O)c2ccccc2Cl)N2CCC(C)CC2)cc1. The second-order valence-corrected chi connectivity index (χ2v) is 7.74. The Morgan fingerprint density at radius 3 is 2.46 bits per heavy atom. The van der Waals surface area contributed by atoms with Gasteiger partial charge in [0.15, 0.2) is 0 Å². The van der Waals surface area contributed by atoms with Gasteiger partial charge in [0.1, 0.15) is 0 Å². The van der Waals surface area contributed by atoms with Crippen LogP contribution >= 0.6 is 11.6 Å². The van der Waals surface area contributed by atoms with Gasteiger partial charge in [0.25, 0.3) is 5.91 Å². The van der Waals surface area contributed by atoms with Crippen LogP contribution < -0.4 is 5.32 Å². The third-order valence-corrected chi connectivity index (χ3v) is 5.63. The van der Waals surface area contributed by atoms with Gasteiger partial charge in [-0.25, -0.2) is 0 Å². The van der Waals surface area contributed by atoms with Crippen LogP contribution in [-0.4, -0.2) is 30.4 Å². The zero-order valence-electron chi connectivity index (χ0n) is 15.5. The number of piperidine rings is 1. The number of nitrogens with one attached hydrogen (secondary N) is 1. The number of amides is 1. The number of nitrogens with zero attached hydrogens (tertiary/aromatic N) is 1. The smallest absolute Gasteiger partial charge is 0.252 e. The van der Waals surface area contributed by atoms with Crippen LogP contribution in [0.25, 0.3) is 0 Å². The molecule has 0 saturated carbocycles. The first-order chi connectivity index (χ1) is 12.5. The van der Waals surface area contributed by atoms with E-state index in [1.54, 1.807) is 12.1 Å². The Bertz CT molecular complexity index is 736. The molecular weight excluding hydrogens is 344 g/mol. The molecule has 4 heteroatoms. The maximum atomic E-state index is 12.6. The fraction of sp³-hybridized carbons (Fsp3) is 0.409. The van der Waals surface area contributed by atoms with E-state index in [9.17, 15) is 4.79 Å². The van der Waals surface area contributed by atoms with Crippen molar-refractivity contribution >= 4 is 17.5 Å². The van der Waals surface area contributed by atoms with Crippen molar-refractivity contribution in [1.29, 1.82) is 0 Å². The first-order valence-electron chi connectivity index (χ1n) is 9.38. The first kappa shape index (κ1) is 18.9. The lowest BCUT2D eigenvalue weighted by Gasteiger charge is -2.37. The lowest BCUT2D eigenvalue weighted by Crippen LogP contribution is -2.42. The Morgan fingerprint density at radius 2 is 1.81 bits per heavy atom. The van der Waals surface area contributed by atoms with Gasteiger partial charge in [-0.2, -0.15) is 0 Å². The standard InChI is InChI=1S/C22H27ClN2O/c1-16-7-9-18(10-8-16)21(25-13-11-17(2)12-14-25)15-24-22(26)19-5-3-4-6-20(19)23/h3-10,17,21H,11-15H2,1-2H3,(H,24,26). The molecule has 2 aromatic rings. The molecule has 1 aliphatic rings. The third kappa shape index (κ3) is 4.66. The van der Waals surface area contributed by atoms with E-state index in [1.807, 2.05) is 12.1 Å². The van der Waals surface area contributed by atoms with Gasteiger partial charge in [-0.05, 0) is 56.5 Å². The van der Waals surface area contributed by atoms with Crippen molar-refractivity contribution in [1.82, 2.24) is 10.2 Å². The average molecular weight is 371 g/mol. The monoisotopic (exact) mass is 370 g/mol. The van der Waals surface area contributed by atoms with Gasteiger partial charge >= 0.3 is 0 Å². The Labute approximate surface area is 161 Å². The summed E-state index contributed by atoms with van der Waals surface area (Å²) >= 11 is 6.16. The summed E-state index contributed by atoms with van der Waals surface area (Å²) in [4.78, 5) is 15.1. The minimum absolute atomic E-state index is 0.113. The molecule has 1 amide bonds. The molecule has 0 bridgehead atoms. The lowest BCUT2D eigenvalue weighted by atomic mass is 9.95. The molecule has 0 aromatic heterocycles. The molecule has 1 atom stereocenters. The third-order valence-electron chi connectivity index (χ3n) is 5.30. The van der Waals surface area contributed by atoms with E-state index in [1.165, 1.54) is 24.0 Å². The quantitative estimate of drug-likeness (QED) is 0.815. The molecule has 1 unspecified atom stereocenters. The summed E-state index contributed by atoms with van der Waals surface area (Å²) in [6.07, 6.45) is 2.42. The summed E-state index contributed by atoms with van der Waals surface area (Å²) in [5.41, 5.74) is 3.04.